The molecule has 0 amide bonds. The van der Waals surface area contributed by atoms with Crippen LogP contribution in [-0.4, -0.2) is 37.1 Å². The second kappa shape index (κ2) is 7.49. The number of hydrogen-bond acceptors (Lipinski definition) is 2. The van der Waals surface area contributed by atoms with Crippen LogP contribution in [0, 0.1) is 5.92 Å². The van der Waals surface area contributed by atoms with Gasteiger partial charge in [-0.25, -0.2) is 0 Å². The van der Waals surface area contributed by atoms with E-state index in [1.807, 2.05) is 0 Å². The maximum absolute atomic E-state index is 3.84. The average molecular weight is 252 g/mol. The van der Waals surface area contributed by atoms with E-state index in [0.29, 0.717) is 0 Å². The monoisotopic (exact) mass is 252 g/mol. The minimum absolute atomic E-state index is 0.798. The first-order valence-electron chi connectivity index (χ1n) is 8.23. The summed E-state index contributed by atoms with van der Waals surface area (Å²) in [5.41, 5.74) is 0. The molecular formula is C16H32N2. The smallest absolute Gasteiger partial charge is 0.0217 e. The number of nitrogens with zero attached hydrogens (tertiary/aromatic N) is 1. The number of piperidine rings is 1. The van der Waals surface area contributed by atoms with Gasteiger partial charge in [0.2, 0.25) is 0 Å². The van der Waals surface area contributed by atoms with Crippen LogP contribution >= 0.6 is 0 Å². The molecule has 2 rings (SSSR count). The Morgan fingerprint density at radius 2 is 1.83 bits per heavy atom. The number of rotatable bonds is 5. The van der Waals surface area contributed by atoms with E-state index < -0.39 is 0 Å². The molecule has 2 nitrogen and oxygen atoms in total. The lowest BCUT2D eigenvalue weighted by Gasteiger charge is -2.35. The van der Waals surface area contributed by atoms with E-state index in [0.717, 1.165) is 18.0 Å². The molecule has 0 aromatic carbocycles. The van der Waals surface area contributed by atoms with E-state index in [2.05, 4.69) is 24.2 Å². The number of hydrogen-bond donors (Lipinski definition) is 1. The highest BCUT2D eigenvalue weighted by Gasteiger charge is 2.23. The van der Waals surface area contributed by atoms with Crippen LogP contribution in [0.25, 0.3) is 0 Å². The molecular weight excluding hydrogens is 220 g/mol. The Hall–Kier alpha value is -0.0800. The predicted octanol–water partition coefficient (Wildman–Crippen LogP) is 3.42. The molecule has 1 saturated carbocycles. The summed E-state index contributed by atoms with van der Waals surface area (Å²) in [5.74, 6) is 1.03. The largest absolute Gasteiger partial charge is 0.312 e. The van der Waals surface area contributed by atoms with Gasteiger partial charge in [0.05, 0.1) is 0 Å². The molecule has 2 fully saturated rings. The Kier molecular flexibility index (Phi) is 5.97. The van der Waals surface area contributed by atoms with Crippen LogP contribution in [0.3, 0.4) is 0 Å². The first-order chi connectivity index (χ1) is 8.79. The molecule has 0 radical (unpaired) electrons. The first-order valence-corrected chi connectivity index (χ1v) is 8.23. The molecule has 1 aliphatic heterocycles. The second-order valence-corrected chi connectivity index (χ2v) is 6.54. The van der Waals surface area contributed by atoms with Gasteiger partial charge >= 0.3 is 0 Å². The van der Waals surface area contributed by atoms with Gasteiger partial charge in [0.25, 0.3) is 0 Å². The minimum Gasteiger partial charge on any atom is -0.312 e. The SMILES string of the molecule is CCCC1CCC(NCC2CCCCN2C)CC1. The van der Waals surface area contributed by atoms with E-state index in [1.165, 1.54) is 70.9 Å². The lowest BCUT2D eigenvalue weighted by atomic mass is 9.83. The summed E-state index contributed by atoms with van der Waals surface area (Å²) < 4.78 is 0. The summed E-state index contributed by atoms with van der Waals surface area (Å²) in [5, 5.41) is 3.84. The fourth-order valence-corrected chi connectivity index (χ4v) is 3.77. The summed E-state index contributed by atoms with van der Waals surface area (Å²) >= 11 is 0. The lowest BCUT2D eigenvalue weighted by molar-refractivity contribution is 0.170. The maximum atomic E-state index is 3.84. The minimum atomic E-state index is 0.798. The van der Waals surface area contributed by atoms with Gasteiger partial charge in [-0.15, -0.1) is 0 Å². The third kappa shape index (κ3) is 4.24. The van der Waals surface area contributed by atoms with Gasteiger partial charge in [-0.05, 0) is 58.0 Å². The Balaban J connectivity index is 1.62. The van der Waals surface area contributed by atoms with Crippen LogP contribution < -0.4 is 5.32 Å². The molecule has 2 aliphatic rings. The normalized spacial score (nSPS) is 34.7. The molecule has 2 heteroatoms. The summed E-state index contributed by atoms with van der Waals surface area (Å²) in [7, 11) is 2.30. The average Bonchev–Trinajstić information content (AvgIpc) is 2.40. The maximum Gasteiger partial charge on any atom is 0.0217 e. The van der Waals surface area contributed by atoms with Crippen molar-refractivity contribution >= 4 is 0 Å². The van der Waals surface area contributed by atoms with Crippen molar-refractivity contribution in [2.45, 2.75) is 76.8 Å². The lowest BCUT2D eigenvalue weighted by Crippen LogP contribution is -2.46. The molecule has 1 saturated heterocycles. The molecule has 1 unspecified atom stereocenters. The van der Waals surface area contributed by atoms with E-state index in [-0.39, 0.29) is 0 Å². The summed E-state index contributed by atoms with van der Waals surface area (Å²) in [6.45, 7) is 4.85. The van der Waals surface area contributed by atoms with Crippen molar-refractivity contribution in [3.8, 4) is 0 Å². The van der Waals surface area contributed by atoms with Gasteiger partial charge in [0.15, 0.2) is 0 Å². The Bertz CT molecular complexity index is 221. The van der Waals surface area contributed by atoms with Crippen molar-refractivity contribution in [1.29, 1.82) is 0 Å². The van der Waals surface area contributed by atoms with Crippen LogP contribution in [0.5, 0.6) is 0 Å². The van der Waals surface area contributed by atoms with Crippen LogP contribution in [0.15, 0.2) is 0 Å². The molecule has 18 heavy (non-hydrogen) atoms. The van der Waals surface area contributed by atoms with Gasteiger partial charge in [-0.3, -0.25) is 0 Å². The van der Waals surface area contributed by atoms with Crippen molar-refractivity contribution < 1.29 is 0 Å². The van der Waals surface area contributed by atoms with Gasteiger partial charge in [-0.1, -0.05) is 26.2 Å². The third-order valence-electron chi connectivity index (χ3n) is 5.11. The third-order valence-corrected chi connectivity index (χ3v) is 5.11. The molecule has 106 valence electrons. The molecule has 0 aromatic heterocycles. The van der Waals surface area contributed by atoms with E-state index in [1.54, 1.807) is 0 Å². The summed E-state index contributed by atoms with van der Waals surface area (Å²) in [4.78, 5) is 2.55. The molecule has 1 heterocycles. The van der Waals surface area contributed by atoms with Gasteiger partial charge < -0.3 is 10.2 Å². The van der Waals surface area contributed by atoms with Crippen LogP contribution in [0.2, 0.25) is 0 Å². The van der Waals surface area contributed by atoms with Crippen molar-refractivity contribution in [2.75, 3.05) is 20.1 Å². The van der Waals surface area contributed by atoms with Crippen molar-refractivity contribution in [3.63, 3.8) is 0 Å². The Morgan fingerprint density at radius 3 is 2.50 bits per heavy atom. The highest BCUT2D eigenvalue weighted by atomic mass is 15.2. The highest BCUT2D eigenvalue weighted by molar-refractivity contribution is 4.81. The number of likely N-dealkylation sites (tertiary alicyclic amines) is 1. The molecule has 0 spiro atoms. The van der Waals surface area contributed by atoms with Crippen LogP contribution in [-0.2, 0) is 0 Å². The van der Waals surface area contributed by atoms with Crippen LogP contribution in [0.1, 0.15) is 64.7 Å². The zero-order valence-electron chi connectivity index (χ0n) is 12.5. The Labute approximate surface area is 114 Å². The van der Waals surface area contributed by atoms with Crippen LogP contribution in [0.4, 0.5) is 0 Å². The van der Waals surface area contributed by atoms with E-state index in [9.17, 15) is 0 Å². The van der Waals surface area contributed by atoms with Gasteiger partial charge in [0.1, 0.15) is 0 Å². The standard InChI is InChI=1S/C16H32N2/c1-3-6-14-8-10-15(11-9-14)17-13-16-7-4-5-12-18(16)2/h14-17H,3-13H2,1-2H3. The molecule has 0 aromatic rings. The van der Waals surface area contributed by atoms with Crippen molar-refractivity contribution in [3.05, 3.63) is 0 Å². The number of nitrogens with one attached hydrogen (secondary N) is 1. The van der Waals surface area contributed by atoms with Crippen molar-refractivity contribution in [1.82, 2.24) is 10.2 Å². The zero-order chi connectivity index (χ0) is 12.8. The van der Waals surface area contributed by atoms with Gasteiger partial charge in [0, 0.05) is 18.6 Å². The topological polar surface area (TPSA) is 15.3 Å². The fraction of sp³-hybridized carbons (Fsp3) is 1.00. The summed E-state index contributed by atoms with van der Waals surface area (Å²) in [6.07, 6.45) is 12.8. The molecule has 1 N–H and O–H groups in total. The fourth-order valence-electron chi connectivity index (χ4n) is 3.77. The van der Waals surface area contributed by atoms with Crippen molar-refractivity contribution in [2.24, 2.45) is 5.92 Å². The quantitative estimate of drug-likeness (QED) is 0.806. The highest BCUT2D eigenvalue weighted by Crippen LogP contribution is 2.27. The molecule has 1 aliphatic carbocycles. The van der Waals surface area contributed by atoms with Gasteiger partial charge in [-0.2, -0.15) is 0 Å². The predicted molar refractivity (Wildman–Crippen MR) is 78.9 cm³/mol. The Morgan fingerprint density at radius 1 is 1.06 bits per heavy atom. The molecule has 0 bridgehead atoms. The van der Waals surface area contributed by atoms with E-state index >= 15 is 0 Å². The summed E-state index contributed by atoms with van der Waals surface area (Å²) in [6, 6.07) is 1.61. The molecule has 1 atom stereocenters. The zero-order valence-corrected chi connectivity index (χ0v) is 12.5. The first kappa shape index (κ1) is 14.3. The number of likely N-dealkylation sites (N-methyl/N-ethyl adjacent to an activating group) is 1. The van der Waals surface area contributed by atoms with E-state index in [4.69, 9.17) is 0 Å². The second-order valence-electron chi connectivity index (χ2n) is 6.54.